The van der Waals surface area contributed by atoms with Gasteiger partial charge in [-0.2, -0.15) is 0 Å². The first-order valence-corrected chi connectivity index (χ1v) is 7.01. The minimum absolute atomic E-state index is 0.478. The van der Waals surface area contributed by atoms with E-state index in [1.54, 1.807) is 22.7 Å². The van der Waals surface area contributed by atoms with Crippen molar-refractivity contribution in [3.05, 3.63) is 32.7 Å². The first kappa shape index (κ1) is 11.7. The molecule has 0 amide bonds. The van der Waals surface area contributed by atoms with Crippen LogP contribution in [0.1, 0.15) is 28.4 Å². The maximum atomic E-state index is 4.50. The van der Waals surface area contributed by atoms with Crippen LogP contribution in [-0.4, -0.2) is 16.5 Å². The monoisotopic (exact) mass is 253 g/mol. The molecule has 2 heterocycles. The highest BCUT2D eigenvalue weighted by molar-refractivity contribution is 7.09. The molecular formula is C11H15N3S2. The Morgan fingerprint density at radius 3 is 2.94 bits per heavy atom. The Morgan fingerprint density at radius 1 is 1.44 bits per heavy atom. The lowest BCUT2D eigenvalue weighted by atomic mass is 10.2. The highest BCUT2D eigenvalue weighted by Crippen LogP contribution is 2.19. The lowest BCUT2D eigenvalue weighted by Crippen LogP contribution is -2.19. The summed E-state index contributed by atoms with van der Waals surface area (Å²) >= 11 is 3.43. The van der Waals surface area contributed by atoms with E-state index >= 15 is 0 Å². The molecule has 0 saturated heterocycles. The molecule has 0 aliphatic carbocycles. The van der Waals surface area contributed by atoms with E-state index in [1.807, 2.05) is 18.6 Å². The predicted octanol–water partition coefficient (Wildman–Crippen LogP) is 2.80. The second-order valence-corrected chi connectivity index (χ2v) is 5.69. The molecule has 0 aromatic carbocycles. The number of hydrogen-bond acceptors (Lipinski definition) is 5. The van der Waals surface area contributed by atoms with Gasteiger partial charge in [-0.05, 0) is 6.92 Å². The van der Waals surface area contributed by atoms with Crippen LogP contribution in [0.15, 0.2) is 17.1 Å². The van der Waals surface area contributed by atoms with Crippen molar-refractivity contribution in [2.45, 2.75) is 26.3 Å². The molecule has 86 valence electrons. The third-order valence-electron chi connectivity index (χ3n) is 2.29. The van der Waals surface area contributed by atoms with Gasteiger partial charge in [-0.15, -0.1) is 22.7 Å². The Hall–Kier alpha value is -0.780. The van der Waals surface area contributed by atoms with Gasteiger partial charge < -0.3 is 5.32 Å². The van der Waals surface area contributed by atoms with E-state index < -0.39 is 0 Å². The third-order valence-corrected chi connectivity index (χ3v) is 4.27. The molecule has 0 aliphatic heterocycles. The van der Waals surface area contributed by atoms with Crippen LogP contribution in [0, 0.1) is 6.92 Å². The van der Waals surface area contributed by atoms with Crippen molar-refractivity contribution >= 4 is 22.7 Å². The molecule has 2 rings (SSSR count). The molecule has 2 aromatic heterocycles. The first-order valence-electron chi connectivity index (χ1n) is 5.26. The van der Waals surface area contributed by atoms with Gasteiger partial charge in [0, 0.05) is 41.2 Å². The molecule has 2 aromatic rings. The Kier molecular flexibility index (Phi) is 4.04. The second kappa shape index (κ2) is 5.52. The van der Waals surface area contributed by atoms with Crippen LogP contribution in [0.4, 0.5) is 0 Å². The summed E-state index contributed by atoms with van der Waals surface area (Å²) < 4.78 is 0. The minimum atomic E-state index is 0.478. The molecular weight excluding hydrogens is 238 g/mol. The van der Waals surface area contributed by atoms with Gasteiger partial charge in [-0.1, -0.05) is 6.92 Å². The molecule has 5 heteroatoms. The minimum Gasteiger partial charge on any atom is -0.311 e. The number of nitrogens with one attached hydrogen (secondary N) is 1. The molecule has 1 unspecified atom stereocenters. The topological polar surface area (TPSA) is 37.8 Å². The molecule has 0 saturated carbocycles. The van der Waals surface area contributed by atoms with Crippen LogP contribution >= 0.6 is 22.7 Å². The molecule has 1 N–H and O–H groups in total. The van der Waals surface area contributed by atoms with Crippen molar-refractivity contribution in [1.82, 2.24) is 15.3 Å². The largest absolute Gasteiger partial charge is 0.311 e. The number of thiazole rings is 2. The Labute approximate surface area is 104 Å². The van der Waals surface area contributed by atoms with Crippen molar-refractivity contribution in [1.29, 1.82) is 0 Å². The molecule has 1 atom stereocenters. The number of hydrogen-bond donors (Lipinski definition) is 1. The fourth-order valence-corrected chi connectivity index (χ4v) is 2.85. The number of aryl methyl sites for hydroxylation is 1. The van der Waals surface area contributed by atoms with E-state index in [0.29, 0.717) is 5.92 Å². The van der Waals surface area contributed by atoms with E-state index in [4.69, 9.17) is 0 Å². The van der Waals surface area contributed by atoms with Crippen LogP contribution in [0.5, 0.6) is 0 Å². The molecule has 0 fully saturated rings. The van der Waals surface area contributed by atoms with E-state index in [-0.39, 0.29) is 0 Å². The first-order chi connectivity index (χ1) is 7.75. The lowest BCUT2D eigenvalue weighted by Gasteiger charge is -2.08. The van der Waals surface area contributed by atoms with E-state index in [0.717, 1.165) is 18.8 Å². The average molecular weight is 253 g/mol. The fraction of sp³-hybridized carbons (Fsp3) is 0.455. The maximum Gasteiger partial charge on any atom is 0.0969 e. The number of rotatable bonds is 5. The van der Waals surface area contributed by atoms with Gasteiger partial charge in [0.05, 0.1) is 10.5 Å². The van der Waals surface area contributed by atoms with Crippen LogP contribution in [0.25, 0.3) is 0 Å². The van der Waals surface area contributed by atoms with Crippen LogP contribution in [0.3, 0.4) is 0 Å². The molecule has 16 heavy (non-hydrogen) atoms. The molecule has 0 radical (unpaired) electrons. The van der Waals surface area contributed by atoms with Gasteiger partial charge in [0.1, 0.15) is 0 Å². The molecule has 0 aliphatic rings. The molecule has 3 nitrogen and oxygen atoms in total. The third kappa shape index (κ3) is 3.10. The summed E-state index contributed by atoms with van der Waals surface area (Å²) in [6.07, 6.45) is 1.91. The fourth-order valence-electron chi connectivity index (χ4n) is 1.43. The normalized spacial score (nSPS) is 12.9. The van der Waals surface area contributed by atoms with Gasteiger partial charge >= 0.3 is 0 Å². The zero-order chi connectivity index (χ0) is 11.4. The number of aromatic nitrogens is 2. The van der Waals surface area contributed by atoms with Crippen molar-refractivity contribution in [3.8, 4) is 0 Å². The smallest absolute Gasteiger partial charge is 0.0969 e. The summed E-state index contributed by atoms with van der Waals surface area (Å²) in [5.41, 5.74) is 2.99. The summed E-state index contributed by atoms with van der Waals surface area (Å²) in [4.78, 5) is 9.82. The van der Waals surface area contributed by atoms with E-state index in [9.17, 15) is 0 Å². The number of nitrogens with zero attached hydrogens (tertiary/aromatic N) is 2. The molecule has 0 spiro atoms. The highest BCUT2D eigenvalue weighted by atomic mass is 32.1. The Bertz CT molecular complexity index is 422. The van der Waals surface area contributed by atoms with Crippen molar-refractivity contribution in [2.24, 2.45) is 0 Å². The van der Waals surface area contributed by atoms with E-state index in [1.165, 1.54) is 9.88 Å². The van der Waals surface area contributed by atoms with Gasteiger partial charge in [-0.3, -0.25) is 4.98 Å². The van der Waals surface area contributed by atoms with Crippen LogP contribution in [-0.2, 0) is 6.54 Å². The van der Waals surface area contributed by atoms with Crippen LogP contribution < -0.4 is 5.32 Å². The lowest BCUT2D eigenvalue weighted by molar-refractivity contribution is 0.615. The van der Waals surface area contributed by atoms with E-state index in [2.05, 4.69) is 27.6 Å². The SMILES string of the molecule is Cc1csc(C(C)CNCc2cncs2)n1. The van der Waals surface area contributed by atoms with Crippen molar-refractivity contribution in [2.75, 3.05) is 6.54 Å². The maximum absolute atomic E-state index is 4.50. The zero-order valence-electron chi connectivity index (χ0n) is 9.43. The Balaban J connectivity index is 1.78. The zero-order valence-corrected chi connectivity index (χ0v) is 11.1. The predicted molar refractivity (Wildman–Crippen MR) is 69.1 cm³/mol. The summed E-state index contributed by atoms with van der Waals surface area (Å²) in [6.45, 7) is 6.11. The molecule has 0 bridgehead atoms. The standard InChI is InChI=1S/C11H15N3S2/c1-8(11-14-9(2)6-15-11)3-12-4-10-5-13-7-16-10/h5-8,12H,3-4H2,1-2H3. The second-order valence-electron chi connectivity index (χ2n) is 3.83. The summed E-state index contributed by atoms with van der Waals surface area (Å²) in [5.74, 6) is 0.478. The van der Waals surface area contributed by atoms with Gasteiger partial charge in [0.15, 0.2) is 0 Å². The quantitative estimate of drug-likeness (QED) is 0.890. The van der Waals surface area contributed by atoms with Crippen LogP contribution in [0.2, 0.25) is 0 Å². The van der Waals surface area contributed by atoms with Gasteiger partial charge in [-0.25, -0.2) is 4.98 Å². The summed E-state index contributed by atoms with van der Waals surface area (Å²) in [6, 6.07) is 0. The highest BCUT2D eigenvalue weighted by Gasteiger charge is 2.08. The van der Waals surface area contributed by atoms with Crippen molar-refractivity contribution < 1.29 is 0 Å². The van der Waals surface area contributed by atoms with Crippen molar-refractivity contribution in [3.63, 3.8) is 0 Å². The average Bonchev–Trinajstić information content (AvgIpc) is 2.89. The van der Waals surface area contributed by atoms with Gasteiger partial charge in [0.2, 0.25) is 0 Å². The Morgan fingerprint density at radius 2 is 2.31 bits per heavy atom. The summed E-state index contributed by atoms with van der Waals surface area (Å²) in [7, 11) is 0. The summed E-state index contributed by atoms with van der Waals surface area (Å²) in [5, 5.41) is 6.76. The van der Waals surface area contributed by atoms with Gasteiger partial charge in [0.25, 0.3) is 0 Å².